The summed E-state index contributed by atoms with van der Waals surface area (Å²) in [6.45, 7) is 4.23. The summed E-state index contributed by atoms with van der Waals surface area (Å²) in [6, 6.07) is 8.31. The van der Waals surface area contributed by atoms with Gasteiger partial charge in [-0.05, 0) is 31.9 Å². The lowest BCUT2D eigenvalue weighted by Crippen LogP contribution is -2.03. The van der Waals surface area contributed by atoms with Crippen molar-refractivity contribution >= 4 is 21.9 Å². The van der Waals surface area contributed by atoms with E-state index in [9.17, 15) is 0 Å². The quantitative estimate of drug-likeness (QED) is 0.549. The molecule has 0 unspecified atom stereocenters. The Kier molecular flexibility index (Phi) is 3.09. The first-order valence-electron chi connectivity index (χ1n) is 7.50. The standard InChI is InChI=1S/C18H15N5/c1-12(2)23-17-13(4-3-5-14(17)10-22-23)6-7-16-15-8-9-19-18(15)21-11-20-16/h3-5,8-12H,1-2H3,(H,19,20,21). The second-order valence-electron chi connectivity index (χ2n) is 5.64. The molecule has 4 aromatic rings. The minimum absolute atomic E-state index is 0.283. The van der Waals surface area contributed by atoms with E-state index in [-0.39, 0.29) is 6.04 Å². The highest BCUT2D eigenvalue weighted by atomic mass is 15.3. The largest absolute Gasteiger partial charge is 0.346 e. The number of hydrogen-bond acceptors (Lipinski definition) is 3. The number of nitrogens with zero attached hydrogens (tertiary/aromatic N) is 4. The Morgan fingerprint density at radius 1 is 1.13 bits per heavy atom. The van der Waals surface area contributed by atoms with Crippen LogP contribution in [0.3, 0.4) is 0 Å². The molecule has 3 heterocycles. The van der Waals surface area contributed by atoms with Gasteiger partial charge >= 0.3 is 0 Å². The van der Waals surface area contributed by atoms with E-state index in [0.717, 1.165) is 33.2 Å². The molecule has 0 saturated carbocycles. The van der Waals surface area contributed by atoms with Crippen molar-refractivity contribution in [3.63, 3.8) is 0 Å². The average Bonchev–Trinajstić information content (AvgIpc) is 3.19. The van der Waals surface area contributed by atoms with Gasteiger partial charge in [0.2, 0.25) is 0 Å². The lowest BCUT2D eigenvalue weighted by Gasteiger charge is -2.08. The summed E-state index contributed by atoms with van der Waals surface area (Å²) in [7, 11) is 0. The van der Waals surface area contributed by atoms with Crippen LogP contribution in [0.1, 0.15) is 31.1 Å². The Hall–Kier alpha value is -3.13. The number of aromatic nitrogens is 5. The lowest BCUT2D eigenvalue weighted by molar-refractivity contribution is 0.550. The summed E-state index contributed by atoms with van der Waals surface area (Å²) >= 11 is 0. The van der Waals surface area contributed by atoms with Gasteiger partial charge in [-0.25, -0.2) is 9.97 Å². The number of aromatic amines is 1. The molecule has 0 radical (unpaired) electrons. The summed E-state index contributed by atoms with van der Waals surface area (Å²) in [6.07, 6.45) is 5.26. The normalized spacial score (nSPS) is 11.1. The summed E-state index contributed by atoms with van der Waals surface area (Å²) in [5.41, 5.74) is 3.55. The maximum absolute atomic E-state index is 4.47. The van der Waals surface area contributed by atoms with E-state index >= 15 is 0 Å². The van der Waals surface area contributed by atoms with E-state index in [1.807, 2.05) is 35.3 Å². The third kappa shape index (κ3) is 2.25. The predicted octanol–water partition coefficient (Wildman–Crippen LogP) is 3.29. The molecule has 1 aromatic carbocycles. The van der Waals surface area contributed by atoms with Crippen LogP contribution in [-0.2, 0) is 0 Å². The maximum Gasteiger partial charge on any atom is 0.141 e. The molecule has 0 saturated heterocycles. The Bertz CT molecular complexity index is 1060. The molecule has 0 aliphatic heterocycles. The molecular formula is C18H15N5. The van der Waals surface area contributed by atoms with Gasteiger partial charge in [0, 0.05) is 17.6 Å². The van der Waals surface area contributed by atoms with Crippen molar-refractivity contribution in [3.8, 4) is 11.8 Å². The fraction of sp³-hybridized carbons (Fsp3) is 0.167. The Balaban J connectivity index is 1.89. The van der Waals surface area contributed by atoms with Crippen molar-refractivity contribution in [1.82, 2.24) is 24.7 Å². The third-order valence-electron chi connectivity index (χ3n) is 3.78. The van der Waals surface area contributed by atoms with Crippen LogP contribution >= 0.6 is 0 Å². The van der Waals surface area contributed by atoms with Crippen LogP contribution in [-0.4, -0.2) is 24.7 Å². The topological polar surface area (TPSA) is 59.4 Å². The Labute approximate surface area is 133 Å². The molecule has 1 N–H and O–H groups in total. The molecule has 0 fully saturated rings. The SMILES string of the molecule is CC(C)n1ncc2cccc(C#Cc3ncnc4[nH]ccc34)c21. The van der Waals surface area contributed by atoms with Gasteiger partial charge in [0.25, 0.3) is 0 Å². The van der Waals surface area contributed by atoms with Crippen LogP contribution in [0.2, 0.25) is 0 Å². The van der Waals surface area contributed by atoms with Gasteiger partial charge in [0.1, 0.15) is 17.7 Å². The second kappa shape index (κ2) is 5.25. The van der Waals surface area contributed by atoms with Gasteiger partial charge in [0.15, 0.2) is 0 Å². The van der Waals surface area contributed by atoms with Crippen LogP contribution in [0.25, 0.3) is 21.9 Å². The average molecular weight is 301 g/mol. The summed E-state index contributed by atoms with van der Waals surface area (Å²) in [5, 5.41) is 6.50. The van der Waals surface area contributed by atoms with E-state index in [4.69, 9.17) is 0 Å². The van der Waals surface area contributed by atoms with Gasteiger partial charge in [-0.15, -0.1) is 0 Å². The first-order chi connectivity index (χ1) is 11.2. The molecule has 5 heteroatoms. The fourth-order valence-electron chi connectivity index (χ4n) is 2.69. The molecular weight excluding hydrogens is 286 g/mol. The summed E-state index contributed by atoms with van der Waals surface area (Å²) in [5.74, 6) is 6.43. The number of benzene rings is 1. The van der Waals surface area contributed by atoms with Gasteiger partial charge < -0.3 is 4.98 Å². The first kappa shape index (κ1) is 13.5. The molecule has 112 valence electrons. The van der Waals surface area contributed by atoms with Gasteiger partial charge in [-0.2, -0.15) is 5.10 Å². The Morgan fingerprint density at radius 2 is 2.04 bits per heavy atom. The molecule has 23 heavy (non-hydrogen) atoms. The molecule has 0 bridgehead atoms. The van der Waals surface area contributed by atoms with E-state index < -0.39 is 0 Å². The zero-order valence-corrected chi connectivity index (χ0v) is 12.9. The third-order valence-corrected chi connectivity index (χ3v) is 3.78. The minimum atomic E-state index is 0.283. The summed E-state index contributed by atoms with van der Waals surface area (Å²) < 4.78 is 2.01. The molecule has 0 aliphatic rings. The minimum Gasteiger partial charge on any atom is -0.346 e. The molecule has 0 spiro atoms. The van der Waals surface area contributed by atoms with Gasteiger partial charge in [0.05, 0.1) is 22.7 Å². The van der Waals surface area contributed by atoms with Crippen molar-refractivity contribution in [2.45, 2.75) is 19.9 Å². The molecule has 0 aliphatic carbocycles. The van der Waals surface area contributed by atoms with Crippen LogP contribution in [0.5, 0.6) is 0 Å². The molecule has 0 amide bonds. The van der Waals surface area contributed by atoms with Gasteiger partial charge in [-0.3, -0.25) is 4.68 Å². The molecule has 0 atom stereocenters. The van der Waals surface area contributed by atoms with E-state index in [0.29, 0.717) is 0 Å². The molecule has 5 nitrogen and oxygen atoms in total. The van der Waals surface area contributed by atoms with Crippen molar-refractivity contribution in [3.05, 3.63) is 54.2 Å². The van der Waals surface area contributed by atoms with Gasteiger partial charge in [-0.1, -0.05) is 18.1 Å². The highest BCUT2D eigenvalue weighted by Crippen LogP contribution is 2.21. The zero-order chi connectivity index (χ0) is 15.8. The monoisotopic (exact) mass is 301 g/mol. The van der Waals surface area contributed by atoms with Crippen LogP contribution < -0.4 is 0 Å². The van der Waals surface area contributed by atoms with Crippen molar-refractivity contribution < 1.29 is 0 Å². The van der Waals surface area contributed by atoms with Crippen LogP contribution in [0.4, 0.5) is 0 Å². The van der Waals surface area contributed by atoms with Crippen molar-refractivity contribution in [1.29, 1.82) is 0 Å². The Morgan fingerprint density at radius 3 is 2.91 bits per heavy atom. The zero-order valence-electron chi connectivity index (χ0n) is 12.9. The predicted molar refractivity (Wildman–Crippen MR) is 90.0 cm³/mol. The highest BCUT2D eigenvalue weighted by Gasteiger charge is 2.09. The maximum atomic E-state index is 4.47. The van der Waals surface area contributed by atoms with Crippen LogP contribution in [0, 0.1) is 11.8 Å². The number of nitrogens with one attached hydrogen (secondary N) is 1. The number of H-pyrrole nitrogens is 1. The highest BCUT2D eigenvalue weighted by molar-refractivity contribution is 5.86. The second-order valence-corrected chi connectivity index (χ2v) is 5.64. The molecule has 4 rings (SSSR count). The number of para-hydroxylation sites is 1. The van der Waals surface area contributed by atoms with Crippen molar-refractivity contribution in [2.24, 2.45) is 0 Å². The number of hydrogen-bond donors (Lipinski definition) is 1. The van der Waals surface area contributed by atoms with Crippen LogP contribution in [0.15, 0.2) is 43.0 Å². The number of fused-ring (bicyclic) bond motifs is 2. The lowest BCUT2D eigenvalue weighted by atomic mass is 10.1. The molecule has 3 aromatic heterocycles. The summed E-state index contributed by atoms with van der Waals surface area (Å²) in [4.78, 5) is 11.6. The van der Waals surface area contributed by atoms with E-state index in [1.165, 1.54) is 6.33 Å². The van der Waals surface area contributed by atoms with E-state index in [2.05, 4.69) is 51.8 Å². The smallest absolute Gasteiger partial charge is 0.141 e. The van der Waals surface area contributed by atoms with E-state index in [1.54, 1.807) is 0 Å². The van der Waals surface area contributed by atoms with Crippen molar-refractivity contribution in [2.75, 3.05) is 0 Å². The fourth-order valence-corrected chi connectivity index (χ4v) is 2.69. The number of rotatable bonds is 1. The first-order valence-corrected chi connectivity index (χ1v) is 7.50.